The number of anilines is 1. The van der Waals surface area contributed by atoms with Crippen LogP contribution in [0.2, 0.25) is 0 Å². The summed E-state index contributed by atoms with van der Waals surface area (Å²) in [6, 6.07) is 8.25. The molecule has 4 heterocycles. The van der Waals surface area contributed by atoms with E-state index in [0.29, 0.717) is 46.1 Å². The van der Waals surface area contributed by atoms with Crippen molar-refractivity contribution in [2.24, 2.45) is 9.98 Å². The molecule has 6 rings (SSSR count). The first kappa shape index (κ1) is 23.9. The van der Waals surface area contributed by atoms with Crippen LogP contribution in [0.25, 0.3) is 0 Å². The Hall–Kier alpha value is -4.47. The first-order valence-electron chi connectivity index (χ1n) is 12.6. The van der Waals surface area contributed by atoms with Crippen LogP contribution in [0.3, 0.4) is 0 Å². The van der Waals surface area contributed by atoms with Gasteiger partial charge in [0.2, 0.25) is 5.91 Å². The number of carbonyl (C=O) groups is 3. The minimum absolute atomic E-state index is 0.0227. The quantitative estimate of drug-likeness (QED) is 0.652. The van der Waals surface area contributed by atoms with E-state index in [1.165, 1.54) is 14.2 Å². The van der Waals surface area contributed by atoms with Crippen LogP contribution in [-0.4, -0.2) is 72.8 Å². The lowest BCUT2D eigenvalue weighted by Gasteiger charge is -2.19. The fourth-order valence-corrected chi connectivity index (χ4v) is 5.44. The zero-order valence-corrected chi connectivity index (χ0v) is 21.1. The number of rotatable bonds is 5. The lowest BCUT2D eigenvalue weighted by atomic mass is 10.1. The van der Waals surface area contributed by atoms with Crippen LogP contribution in [0.5, 0.6) is 11.5 Å². The molecule has 0 spiro atoms. The summed E-state index contributed by atoms with van der Waals surface area (Å²) in [5.41, 5.74) is 3.41. The average molecular weight is 514 g/mol. The van der Waals surface area contributed by atoms with Gasteiger partial charge in [-0.05, 0) is 49.1 Å². The summed E-state index contributed by atoms with van der Waals surface area (Å²) in [6.07, 6.45) is 7.81. The van der Waals surface area contributed by atoms with Crippen LogP contribution < -0.4 is 14.8 Å². The maximum atomic E-state index is 13.3. The molecule has 0 aliphatic carbocycles. The van der Waals surface area contributed by atoms with E-state index in [2.05, 4.69) is 15.3 Å². The van der Waals surface area contributed by atoms with E-state index in [9.17, 15) is 14.4 Å². The smallest absolute Gasteiger partial charge is 0.260 e. The molecule has 0 aromatic heterocycles. The maximum absolute atomic E-state index is 13.3. The van der Waals surface area contributed by atoms with Gasteiger partial charge in [-0.3, -0.25) is 24.4 Å². The lowest BCUT2D eigenvalue weighted by Crippen LogP contribution is -2.35. The number of hydrogen-bond donors (Lipinski definition) is 1. The topological polar surface area (TPSA) is 113 Å². The van der Waals surface area contributed by atoms with E-state index < -0.39 is 0 Å². The van der Waals surface area contributed by atoms with Crippen molar-refractivity contribution in [2.75, 3.05) is 26.1 Å². The summed E-state index contributed by atoms with van der Waals surface area (Å²) in [6.45, 7) is 0.737. The number of nitrogens with one attached hydrogen (secondary N) is 1. The molecule has 3 amide bonds. The number of fused-ring (bicyclic) bond motifs is 4. The number of nitrogens with zero attached hydrogens (tertiary/aromatic N) is 4. The molecule has 1 N–H and O–H groups in total. The van der Waals surface area contributed by atoms with Crippen molar-refractivity contribution in [1.82, 2.24) is 9.80 Å². The maximum Gasteiger partial charge on any atom is 0.260 e. The van der Waals surface area contributed by atoms with E-state index in [0.717, 1.165) is 25.0 Å². The highest BCUT2D eigenvalue weighted by atomic mass is 16.5. The van der Waals surface area contributed by atoms with Crippen LogP contribution in [0.15, 0.2) is 52.1 Å². The highest BCUT2D eigenvalue weighted by molar-refractivity contribution is 6.05. The lowest BCUT2D eigenvalue weighted by molar-refractivity contribution is -0.115. The third-order valence-corrected chi connectivity index (χ3v) is 7.35. The molecule has 4 aliphatic heterocycles. The van der Waals surface area contributed by atoms with Gasteiger partial charge < -0.3 is 24.6 Å². The second-order valence-electron chi connectivity index (χ2n) is 9.72. The monoisotopic (exact) mass is 513 g/mol. The molecule has 0 saturated carbocycles. The Bertz CT molecular complexity index is 1450. The van der Waals surface area contributed by atoms with Crippen LogP contribution >= 0.6 is 0 Å². The summed E-state index contributed by atoms with van der Waals surface area (Å²) < 4.78 is 10.7. The molecule has 4 aliphatic rings. The summed E-state index contributed by atoms with van der Waals surface area (Å²) in [7, 11) is 3.05. The first-order valence-corrected chi connectivity index (χ1v) is 12.6. The van der Waals surface area contributed by atoms with Gasteiger partial charge >= 0.3 is 0 Å². The standard InChI is InChI=1S/C28H27N5O5/c1-37-24-11-21-23(12-25(24)38-2)30-14-19-8-16(15-33(19)28(21)36)9-26(34)31-17-5-6-20-22(10-17)29-13-18-4-3-7-32(18)27(20)35/h5-6,10-15,18-19H,3-4,7-9H2,1-2H3,(H,31,34)/t18-,19-/m0/s1. The van der Waals surface area contributed by atoms with Gasteiger partial charge in [0, 0.05) is 43.3 Å². The second-order valence-corrected chi connectivity index (χ2v) is 9.72. The van der Waals surface area contributed by atoms with Crippen molar-refractivity contribution in [3.8, 4) is 11.5 Å². The molecule has 2 aromatic carbocycles. The predicted molar refractivity (Wildman–Crippen MR) is 142 cm³/mol. The second kappa shape index (κ2) is 9.44. The third kappa shape index (κ3) is 4.11. The van der Waals surface area contributed by atoms with E-state index in [4.69, 9.17) is 9.47 Å². The van der Waals surface area contributed by atoms with Gasteiger partial charge in [-0.15, -0.1) is 0 Å². The third-order valence-electron chi connectivity index (χ3n) is 7.35. The van der Waals surface area contributed by atoms with Gasteiger partial charge in [0.05, 0.1) is 48.8 Å². The summed E-state index contributed by atoms with van der Waals surface area (Å²) >= 11 is 0. The molecule has 2 atom stereocenters. The van der Waals surface area contributed by atoms with Crippen molar-refractivity contribution in [3.05, 3.63) is 53.2 Å². The number of aliphatic imine (C=N–C) groups is 2. The number of amides is 3. The Morgan fingerprint density at radius 3 is 2.50 bits per heavy atom. The summed E-state index contributed by atoms with van der Waals surface area (Å²) in [5.74, 6) is 0.496. The van der Waals surface area contributed by atoms with E-state index in [1.54, 1.807) is 47.6 Å². The first-order chi connectivity index (χ1) is 18.4. The zero-order chi connectivity index (χ0) is 26.4. The fourth-order valence-electron chi connectivity index (χ4n) is 5.44. The van der Waals surface area contributed by atoms with E-state index in [-0.39, 0.29) is 36.2 Å². The molecule has 1 fully saturated rings. The van der Waals surface area contributed by atoms with Crippen molar-refractivity contribution in [2.45, 2.75) is 37.8 Å². The molecule has 10 nitrogen and oxygen atoms in total. The molecule has 0 bridgehead atoms. The Morgan fingerprint density at radius 2 is 1.71 bits per heavy atom. The highest BCUT2D eigenvalue weighted by Gasteiger charge is 2.34. The van der Waals surface area contributed by atoms with Gasteiger partial charge in [0.1, 0.15) is 0 Å². The molecule has 194 valence electrons. The van der Waals surface area contributed by atoms with Gasteiger partial charge in [0.15, 0.2) is 11.5 Å². The highest BCUT2D eigenvalue weighted by Crippen LogP contribution is 2.38. The van der Waals surface area contributed by atoms with Crippen molar-refractivity contribution >= 4 is 47.2 Å². The van der Waals surface area contributed by atoms with Gasteiger partial charge in [0.25, 0.3) is 11.8 Å². The van der Waals surface area contributed by atoms with Crippen molar-refractivity contribution < 1.29 is 23.9 Å². The number of benzene rings is 2. The Labute approximate surface area is 219 Å². The van der Waals surface area contributed by atoms with Crippen LogP contribution in [0.4, 0.5) is 17.1 Å². The summed E-state index contributed by atoms with van der Waals surface area (Å²) in [4.78, 5) is 51.6. The van der Waals surface area contributed by atoms with E-state index >= 15 is 0 Å². The Morgan fingerprint density at radius 1 is 0.974 bits per heavy atom. The molecular formula is C28H27N5O5. The minimum atomic E-state index is -0.281. The van der Waals surface area contributed by atoms with Gasteiger partial charge in [-0.25, -0.2) is 0 Å². The van der Waals surface area contributed by atoms with Crippen LogP contribution in [0, 0.1) is 0 Å². The normalized spacial score (nSPS) is 21.2. The number of hydrogen-bond acceptors (Lipinski definition) is 7. The Kier molecular flexibility index (Phi) is 5.94. The van der Waals surface area contributed by atoms with E-state index in [1.807, 2.05) is 11.1 Å². The molecular weight excluding hydrogens is 486 g/mol. The SMILES string of the molecule is COc1cc2c(cc1OC)C(=O)N1C=C(CC(=O)Nc3ccc4c(c3)N=C[C@@H]3CCCN3C4=O)C[C@H]1C=N2. The molecule has 2 aromatic rings. The molecule has 0 radical (unpaired) electrons. The van der Waals surface area contributed by atoms with Gasteiger partial charge in [-0.1, -0.05) is 0 Å². The minimum Gasteiger partial charge on any atom is -0.493 e. The van der Waals surface area contributed by atoms with Crippen LogP contribution in [-0.2, 0) is 4.79 Å². The average Bonchev–Trinajstić information content (AvgIpc) is 3.50. The predicted octanol–water partition coefficient (Wildman–Crippen LogP) is 3.87. The number of ether oxygens (including phenoxy) is 2. The number of carbonyl (C=O) groups excluding carboxylic acids is 3. The fraction of sp³-hybridized carbons (Fsp3) is 0.321. The van der Waals surface area contributed by atoms with Gasteiger partial charge in [-0.2, -0.15) is 0 Å². The molecule has 38 heavy (non-hydrogen) atoms. The molecule has 0 unspecified atom stereocenters. The molecule has 10 heteroatoms. The summed E-state index contributed by atoms with van der Waals surface area (Å²) in [5, 5.41) is 2.91. The Balaban J connectivity index is 1.16. The zero-order valence-electron chi connectivity index (χ0n) is 21.1. The largest absolute Gasteiger partial charge is 0.493 e. The van der Waals surface area contributed by atoms with Crippen molar-refractivity contribution in [1.29, 1.82) is 0 Å². The molecule has 1 saturated heterocycles. The van der Waals surface area contributed by atoms with Crippen molar-refractivity contribution in [3.63, 3.8) is 0 Å². The van der Waals surface area contributed by atoms with Crippen LogP contribution in [0.1, 0.15) is 46.4 Å². The number of methoxy groups -OCH3 is 2.